The average Bonchev–Trinajstić information content (AvgIpc) is 2.05. The van der Waals surface area contributed by atoms with Gasteiger partial charge < -0.3 is 5.73 Å². The van der Waals surface area contributed by atoms with Gasteiger partial charge in [-0.2, -0.15) is 0 Å². The van der Waals surface area contributed by atoms with Crippen LogP contribution < -0.4 is 5.73 Å². The first kappa shape index (κ1) is 9.62. The van der Waals surface area contributed by atoms with Crippen molar-refractivity contribution < 1.29 is 0 Å². The first-order chi connectivity index (χ1) is 5.75. The van der Waals surface area contributed by atoms with E-state index in [0.717, 1.165) is 5.75 Å². The Morgan fingerprint density at radius 1 is 1.42 bits per heavy atom. The van der Waals surface area contributed by atoms with Crippen LogP contribution in [0.2, 0.25) is 0 Å². The SMILES string of the molecule is CCSc1ccccc1C(C)N. The molecule has 0 fully saturated rings. The summed E-state index contributed by atoms with van der Waals surface area (Å²) in [6.45, 7) is 4.18. The predicted molar refractivity (Wildman–Crippen MR) is 55.4 cm³/mol. The molecule has 1 rings (SSSR count). The third-order valence-electron chi connectivity index (χ3n) is 1.71. The van der Waals surface area contributed by atoms with Gasteiger partial charge in [0.15, 0.2) is 0 Å². The summed E-state index contributed by atoms with van der Waals surface area (Å²) >= 11 is 1.85. The van der Waals surface area contributed by atoms with Crippen LogP contribution in [0.1, 0.15) is 25.5 Å². The van der Waals surface area contributed by atoms with Gasteiger partial charge in [-0.15, -0.1) is 11.8 Å². The quantitative estimate of drug-likeness (QED) is 0.726. The second kappa shape index (κ2) is 4.53. The van der Waals surface area contributed by atoms with Crippen LogP contribution >= 0.6 is 11.8 Å². The molecular formula is C10H15NS. The van der Waals surface area contributed by atoms with E-state index in [-0.39, 0.29) is 6.04 Å². The fraction of sp³-hybridized carbons (Fsp3) is 0.400. The zero-order valence-electron chi connectivity index (χ0n) is 7.58. The van der Waals surface area contributed by atoms with Crippen molar-refractivity contribution in [1.82, 2.24) is 0 Å². The molecule has 0 spiro atoms. The Morgan fingerprint density at radius 3 is 2.67 bits per heavy atom. The van der Waals surface area contributed by atoms with E-state index in [1.807, 2.05) is 24.8 Å². The first-order valence-corrected chi connectivity index (χ1v) is 5.21. The van der Waals surface area contributed by atoms with Gasteiger partial charge in [-0.3, -0.25) is 0 Å². The summed E-state index contributed by atoms with van der Waals surface area (Å²) < 4.78 is 0. The molecule has 0 amide bonds. The van der Waals surface area contributed by atoms with Crippen LogP contribution in [0.3, 0.4) is 0 Å². The Hall–Kier alpha value is -0.470. The van der Waals surface area contributed by atoms with Crippen molar-refractivity contribution in [1.29, 1.82) is 0 Å². The Kier molecular flexibility index (Phi) is 3.63. The highest BCUT2D eigenvalue weighted by atomic mass is 32.2. The third kappa shape index (κ3) is 2.26. The van der Waals surface area contributed by atoms with Gasteiger partial charge in [0.05, 0.1) is 0 Å². The van der Waals surface area contributed by atoms with Crippen molar-refractivity contribution in [3.8, 4) is 0 Å². The van der Waals surface area contributed by atoms with Crippen molar-refractivity contribution in [2.45, 2.75) is 24.8 Å². The van der Waals surface area contributed by atoms with Crippen molar-refractivity contribution in [2.24, 2.45) is 5.73 Å². The van der Waals surface area contributed by atoms with Crippen molar-refractivity contribution in [3.63, 3.8) is 0 Å². The van der Waals surface area contributed by atoms with E-state index in [4.69, 9.17) is 5.73 Å². The van der Waals surface area contributed by atoms with E-state index in [1.54, 1.807) is 0 Å². The fourth-order valence-corrected chi connectivity index (χ4v) is 2.05. The lowest BCUT2D eigenvalue weighted by Crippen LogP contribution is -2.05. The van der Waals surface area contributed by atoms with Gasteiger partial charge in [-0.25, -0.2) is 0 Å². The summed E-state index contributed by atoms with van der Waals surface area (Å²) in [5.74, 6) is 1.10. The number of hydrogen-bond acceptors (Lipinski definition) is 2. The van der Waals surface area contributed by atoms with Gasteiger partial charge in [-0.05, 0) is 24.3 Å². The Morgan fingerprint density at radius 2 is 2.08 bits per heavy atom. The molecule has 1 nitrogen and oxygen atoms in total. The van der Waals surface area contributed by atoms with E-state index in [0.29, 0.717) is 0 Å². The Bertz CT molecular complexity index is 245. The zero-order valence-corrected chi connectivity index (χ0v) is 8.40. The van der Waals surface area contributed by atoms with Gasteiger partial charge >= 0.3 is 0 Å². The molecule has 1 unspecified atom stereocenters. The summed E-state index contributed by atoms with van der Waals surface area (Å²) in [6.07, 6.45) is 0. The van der Waals surface area contributed by atoms with E-state index in [2.05, 4.69) is 25.1 Å². The topological polar surface area (TPSA) is 26.0 Å². The minimum Gasteiger partial charge on any atom is -0.324 e. The second-order valence-corrected chi connectivity index (χ2v) is 4.07. The molecule has 0 heterocycles. The monoisotopic (exact) mass is 181 g/mol. The summed E-state index contributed by atoms with van der Waals surface area (Å²) in [5.41, 5.74) is 7.09. The largest absolute Gasteiger partial charge is 0.324 e. The normalized spacial score (nSPS) is 12.9. The van der Waals surface area contributed by atoms with E-state index >= 15 is 0 Å². The molecular weight excluding hydrogens is 166 g/mol. The number of hydrogen-bond donors (Lipinski definition) is 1. The van der Waals surface area contributed by atoms with E-state index in [1.165, 1.54) is 10.5 Å². The van der Waals surface area contributed by atoms with Gasteiger partial charge in [0.25, 0.3) is 0 Å². The number of benzene rings is 1. The third-order valence-corrected chi connectivity index (χ3v) is 2.68. The number of rotatable bonds is 3. The highest BCUT2D eigenvalue weighted by Crippen LogP contribution is 2.25. The molecule has 2 N–H and O–H groups in total. The highest BCUT2D eigenvalue weighted by molar-refractivity contribution is 7.99. The van der Waals surface area contributed by atoms with Crippen LogP contribution in [0.25, 0.3) is 0 Å². The summed E-state index contributed by atoms with van der Waals surface area (Å²) in [6, 6.07) is 8.47. The molecule has 2 heteroatoms. The predicted octanol–water partition coefficient (Wildman–Crippen LogP) is 2.82. The number of thioether (sulfide) groups is 1. The van der Waals surface area contributed by atoms with E-state index in [9.17, 15) is 0 Å². The van der Waals surface area contributed by atoms with Crippen LogP contribution in [0.4, 0.5) is 0 Å². The lowest BCUT2D eigenvalue weighted by atomic mass is 10.1. The van der Waals surface area contributed by atoms with Crippen molar-refractivity contribution in [3.05, 3.63) is 29.8 Å². The van der Waals surface area contributed by atoms with Crippen LogP contribution in [0, 0.1) is 0 Å². The molecule has 66 valence electrons. The van der Waals surface area contributed by atoms with Gasteiger partial charge in [0, 0.05) is 10.9 Å². The standard InChI is InChI=1S/C10H15NS/c1-3-12-10-7-5-4-6-9(10)8(2)11/h4-8H,3,11H2,1-2H3. The smallest absolute Gasteiger partial charge is 0.0277 e. The van der Waals surface area contributed by atoms with E-state index < -0.39 is 0 Å². The van der Waals surface area contributed by atoms with Crippen molar-refractivity contribution in [2.75, 3.05) is 5.75 Å². The molecule has 0 aliphatic carbocycles. The molecule has 0 aliphatic rings. The first-order valence-electron chi connectivity index (χ1n) is 4.23. The van der Waals surface area contributed by atoms with Crippen molar-refractivity contribution >= 4 is 11.8 Å². The fourth-order valence-electron chi connectivity index (χ4n) is 1.14. The van der Waals surface area contributed by atoms with Crippen LogP contribution in [0.15, 0.2) is 29.2 Å². The molecule has 0 aromatic heterocycles. The second-order valence-electron chi connectivity index (χ2n) is 2.76. The van der Waals surface area contributed by atoms with Gasteiger partial charge in [-0.1, -0.05) is 25.1 Å². The molecule has 0 aliphatic heterocycles. The molecule has 1 aromatic rings. The molecule has 0 saturated carbocycles. The molecule has 12 heavy (non-hydrogen) atoms. The van der Waals surface area contributed by atoms with Crippen LogP contribution in [-0.4, -0.2) is 5.75 Å². The highest BCUT2D eigenvalue weighted by Gasteiger charge is 2.04. The maximum absolute atomic E-state index is 5.83. The molecule has 0 radical (unpaired) electrons. The summed E-state index contributed by atoms with van der Waals surface area (Å²) in [5, 5.41) is 0. The molecule has 0 saturated heterocycles. The Balaban J connectivity index is 2.92. The van der Waals surface area contributed by atoms with Crippen LogP contribution in [-0.2, 0) is 0 Å². The molecule has 0 bridgehead atoms. The minimum atomic E-state index is 0.139. The lowest BCUT2D eigenvalue weighted by molar-refractivity contribution is 0.797. The van der Waals surface area contributed by atoms with Gasteiger partial charge in [0.2, 0.25) is 0 Å². The summed E-state index contributed by atoms with van der Waals surface area (Å²) in [7, 11) is 0. The maximum Gasteiger partial charge on any atom is 0.0277 e. The zero-order chi connectivity index (χ0) is 8.97. The van der Waals surface area contributed by atoms with Gasteiger partial charge in [0.1, 0.15) is 0 Å². The minimum absolute atomic E-state index is 0.139. The average molecular weight is 181 g/mol. The lowest BCUT2D eigenvalue weighted by Gasteiger charge is -2.10. The number of nitrogens with two attached hydrogens (primary N) is 1. The maximum atomic E-state index is 5.83. The Labute approximate surface area is 78.4 Å². The molecule has 1 atom stereocenters. The van der Waals surface area contributed by atoms with Crippen LogP contribution in [0.5, 0.6) is 0 Å². The summed E-state index contributed by atoms with van der Waals surface area (Å²) in [4.78, 5) is 1.31. The molecule has 1 aromatic carbocycles.